The molecule has 0 radical (unpaired) electrons. The molecule has 19 heavy (non-hydrogen) atoms. The number of amides is 1. The molecule has 0 spiro atoms. The summed E-state index contributed by atoms with van der Waals surface area (Å²) < 4.78 is 5.23. The zero-order valence-corrected chi connectivity index (χ0v) is 11.9. The molecule has 0 aromatic carbocycles. The molecule has 2 rings (SSSR count). The van der Waals surface area contributed by atoms with Gasteiger partial charge in [-0.3, -0.25) is 4.79 Å². The van der Waals surface area contributed by atoms with Crippen LogP contribution in [0.3, 0.4) is 0 Å². The number of hydrogen-bond acceptors (Lipinski definition) is 5. The van der Waals surface area contributed by atoms with Crippen LogP contribution >= 0.6 is 0 Å². The first-order chi connectivity index (χ1) is 8.99. The average molecular weight is 264 g/mol. The van der Waals surface area contributed by atoms with Crippen molar-refractivity contribution < 1.29 is 9.53 Å². The van der Waals surface area contributed by atoms with Gasteiger partial charge >= 0.3 is 0 Å². The van der Waals surface area contributed by atoms with Gasteiger partial charge in [0.25, 0.3) is 0 Å². The summed E-state index contributed by atoms with van der Waals surface area (Å²) in [5.74, 6) is 0.578. The van der Waals surface area contributed by atoms with Gasteiger partial charge < -0.3 is 15.0 Å². The van der Waals surface area contributed by atoms with Crippen molar-refractivity contribution in [1.82, 2.24) is 9.97 Å². The van der Waals surface area contributed by atoms with Gasteiger partial charge in [-0.25, -0.2) is 9.97 Å². The number of carbonyl (C=O) groups excluding carboxylic acids is 1. The van der Waals surface area contributed by atoms with Crippen molar-refractivity contribution >= 4 is 17.5 Å². The molecule has 1 aromatic rings. The van der Waals surface area contributed by atoms with Gasteiger partial charge in [0.05, 0.1) is 29.6 Å². The summed E-state index contributed by atoms with van der Waals surface area (Å²) in [5, 5.41) is 2.92. The number of carbonyl (C=O) groups is 1. The second-order valence-corrected chi connectivity index (χ2v) is 5.01. The Morgan fingerprint density at radius 1 is 1.32 bits per heavy atom. The smallest absolute Gasteiger partial charge is 0.230 e. The van der Waals surface area contributed by atoms with Crippen molar-refractivity contribution in [2.24, 2.45) is 5.92 Å². The van der Waals surface area contributed by atoms with Gasteiger partial charge in [0.2, 0.25) is 11.9 Å². The summed E-state index contributed by atoms with van der Waals surface area (Å²) >= 11 is 0. The standard InChI is InChI=1S/C13H20N4O2/c1-8-11(9(2)15-13(14-8)17(3)4)16-12(18)10-5-6-19-7-10/h10H,5-7H2,1-4H3,(H,16,18). The Hall–Kier alpha value is -1.69. The molecule has 6 nitrogen and oxygen atoms in total. The van der Waals surface area contributed by atoms with Gasteiger partial charge in [0.15, 0.2) is 0 Å². The molecule has 1 fully saturated rings. The number of nitrogens with one attached hydrogen (secondary N) is 1. The van der Waals surface area contributed by atoms with E-state index in [2.05, 4.69) is 15.3 Å². The normalized spacial score (nSPS) is 18.4. The number of ether oxygens (including phenoxy) is 1. The molecule has 1 N–H and O–H groups in total. The fourth-order valence-corrected chi connectivity index (χ4v) is 2.05. The third-order valence-corrected chi connectivity index (χ3v) is 3.21. The van der Waals surface area contributed by atoms with E-state index in [-0.39, 0.29) is 11.8 Å². The number of aryl methyl sites for hydroxylation is 2. The third kappa shape index (κ3) is 3.01. The molecule has 0 aliphatic carbocycles. The quantitative estimate of drug-likeness (QED) is 0.886. The van der Waals surface area contributed by atoms with Gasteiger partial charge in [-0.05, 0) is 20.3 Å². The Balaban J connectivity index is 2.18. The lowest BCUT2D eigenvalue weighted by Crippen LogP contribution is -2.24. The van der Waals surface area contributed by atoms with E-state index in [9.17, 15) is 4.79 Å². The minimum Gasteiger partial charge on any atom is -0.381 e. The topological polar surface area (TPSA) is 67.4 Å². The highest BCUT2D eigenvalue weighted by molar-refractivity contribution is 5.93. The van der Waals surface area contributed by atoms with Crippen molar-refractivity contribution in [3.05, 3.63) is 11.4 Å². The summed E-state index contributed by atoms with van der Waals surface area (Å²) in [5.41, 5.74) is 2.27. The van der Waals surface area contributed by atoms with Crippen molar-refractivity contribution in [1.29, 1.82) is 0 Å². The zero-order valence-electron chi connectivity index (χ0n) is 11.9. The third-order valence-electron chi connectivity index (χ3n) is 3.21. The molecule has 1 saturated heterocycles. The van der Waals surface area contributed by atoms with E-state index in [1.54, 1.807) is 0 Å². The van der Waals surface area contributed by atoms with E-state index in [0.29, 0.717) is 24.8 Å². The number of anilines is 2. The molecule has 1 amide bonds. The molecule has 1 atom stereocenters. The Morgan fingerprint density at radius 3 is 2.42 bits per heavy atom. The van der Waals surface area contributed by atoms with Crippen LogP contribution in [0.5, 0.6) is 0 Å². The minimum absolute atomic E-state index is 0.00935. The second kappa shape index (κ2) is 5.52. The molecule has 1 unspecified atom stereocenters. The van der Waals surface area contributed by atoms with Gasteiger partial charge in [0, 0.05) is 20.7 Å². The monoisotopic (exact) mass is 264 g/mol. The predicted octanol–water partition coefficient (Wildman–Crippen LogP) is 1.13. The largest absolute Gasteiger partial charge is 0.381 e. The van der Waals surface area contributed by atoms with Crippen LogP contribution in [-0.4, -0.2) is 43.2 Å². The lowest BCUT2D eigenvalue weighted by molar-refractivity contribution is -0.119. The van der Waals surface area contributed by atoms with Crippen LogP contribution in [0.1, 0.15) is 17.8 Å². The molecule has 1 aromatic heterocycles. The van der Waals surface area contributed by atoms with Gasteiger partial charge in [-0.2, -0.15) is 0 Å². The zero-order chi connectivity index (χ0) is 14.0. The van der Waals surface area contributed by atoms with Crippen LogP contribution in [0.2, 0.25) is 0 Å². The SMILES string of the molecule is Cc1nc(N(C)C)nc(C)c1NC(=O)C1CCOC1. The number of hydrogen-bond donors (Lipinski definition) is 1. The highest BCUT2D eigenvalue weighted by Gasteiger charge is 2.24. The maximum absolute atomic E-state index is 12.1. The number of nitrogens with zero attached hydrogens (tertiary/aromatic N) is 3. The highest BCUT2D eigenvalue weighted by Crippen LogP contribution is 2.22. The van der Waals surface area contributed by atoms with Crippen LogP contribution in [-0.2, 0) is 9.53 Å². The molecule has 1 aliphatic heterocycles. The molecule has 6 heteroatoms. The molecule has 0 saturated carbocycles. The first kappa shape index (κ1) is 13.7. The summed E-state index contributed by atoms with van der Waals surface area (Å²) in [6.07, 6.45) is 0.778. The average Bonchev–Trinajstić information content (AvgIpc) is 2.86. The lowest BCUT2D eigenvalue weighted by atomic mass is 10.1. The van der Waals surface area contributed by atoms with Gasteiger partial charge in [0.1, 0.15) is 0 Å². The van der Waals surface area contributed by atoms with Crippen LogP contribution in [0.4, 0.5) is 11.6 Å². The van der Waals surface area contributed by atoms with E-state index < -0.39 is 0 Å². The summed E-state index contributed by atoms with van der Waals surface area (Å²) in [7, 11) is 3.78. The first-order valence-corrected chi connectivity index (χ1v) is 6.40. The van der Waals surface area contributed by atoms with Crippen LogP contribution in [0.15, 0.2) is 0 Å². The van der Waals surface area contributed by atoms with Gasteiger partial charge in [-0.15, -0.1) is 0 Å². The van der Waals surface area contributed by atoms with E-state index in [1.807, 2.05) is 32.8 Å². The van der Waals surface area contributed by atoms with Crippen LogP contribution in [0, 0.1) is 19.8 Å². The molecular weight excluding hydrogens is 244 g/mol. The lowest BCUT2D eigenvalue weighted by Gasteiger charge is -2.16. The summed E-state index contributed by atoms with van der Waals surface area (Å²) in [6.45, 7) is 4.91. The molecular formula is C13H20N4O2. The summed E-state index contributed by atoms with van der Waals surface area (Å²) in [6, 6.07) is 0. The molecule has 1 aliphatic rings. The Bertz CT molecular complexity index is 459. The molecule has 104 valence electrons. The molecule has 2 heterocycles. The Morgan fingerprint density at radius 2 is 1.95 bits per heavy atom. The van der Waals surface area contributed by atoms with Crippen molar-refractivity contribution in [2.45, 2.75) is 20.3 Å². The van der Waals surface area contributed by atoms with Crippen molar-refractivity contribution in [3.8, 4) is 0 Å². The summed E-state index contributed by atoms with van der Waals surface area (Å²) in [4.78, 5) is 22.7. The fourth-order valence-electron chi connectivity index (χ4n) is 2.05. The van der Waals surface area contributed by atoms with Crippen molar-refractivity contribution in [3.63, 3.8) is 0 Å². The van der Waals surface area contributed by atoms with Crippen LogP contribution in [0.25, 0.3) is 0 Å². The van der Waals surface area contributed by atoms with Crippen LogP contribution < -0.4 is 10.2 Å². The number of rotatable bonds is 3. The number of aromatic nitrogens is 2. The van der Waals surface area contributed by atoms with E-state index in [0.717, 1.165) is 17.8 Å². The first-order valence-electron chi connectivity index (χ1n) is 6.40. The van der Waals surface area contributed by atoms with E-state index in [1.165, 1.54) is 0 Å². The highest BCUT2D eigenvalue weighted by atomic mass is 16.5. The Kier molecular flexibility index (Phi) is 3.99. The predicted molar refractivity (Wildman–Crippen MR) is 73.4 cm³/mol. The second-order valence-electron chi connectivity index (χ2n) is 5.01. The van der Waals surface area contributed by atoms with E-state index in [4.69, 9.17) is 4.74 Å². The maximum Gasteiger partial charge on any atom is 0.230 e. The van der Waals surface area contributed by atoms with Crippen molar-refractivity contribution in [2.75, 3.05) is 37.5 Å². The molecule has 0 bridgehead atoms. The van der Waals surface area contributed by atoms with Gasteiger partial charge in [-0.1, -0.05) is 0 Å². The van der Waals surface area contributed by atoms with E-state index >= 15 is 0 Å². The fraction of sp³-hybridized carbons (Fsp3) is 0.615. The maximum atomic E-state index is 12.1. The minimum atomic E-state index is -0.0627. The Labute approximate surface area is 113 Å².